The Balaban J connectivity index is 3.51. The van der Waals surface area contributed by atoms with Crippen LogP contribution < -0.4 is 5.32 Å². The Hall–Kier alpha value is -0.860. The molecule has 0 saturated carbocycles. The van der Waals surface area contributed by atoms with Gasteiger partial charge in [0.15, 0.2) is 0 Å². The minimum atomic E-state index is 0.608. The number of allylic oxidation sites excluding steroid dienone is 2. The zero-order chi connectivity index (χ0) is 9.23. The highest BCUT2D eigenvalue weighted by Gasteiger charge is 1.89. The van der Waals surface area contributed by atoms with Crippen molar-refractivity contribution < 1.29 is 4.74 Å². The summed E-state index contributed by atoms with van der Waals surface area (Å²) < 4.78 is 5.33. The lowest BCUT2D eigenvalue weighted by Gasteiger charge is -2.03. The fourth-order valence-corrected chi connectivity index (χ4v) is 0.691. The summed E-state index contributed by atoms with van der Waals surface area (Å²) >= 11 is 0. The first-order valence-electron chi connectivity index (χ1n) is 4.01. The first-order chi connectivity index (χ1) is 5.85. The molecule has 0 aliphatic heterocycles. The van der Waals surface area contributed by atoms with Crippen LogP contribution in [0.25, 0.3) is 0 Å². The van der Waals surface area contributed by atoms with Crippen LogP contribution in [0.1, 0.15) is 0 Å². The minimum Gasteiger partial charge on any atom is -0.375 e. The molecule has 0 aromatic carbocycles. The van der Waals surface area contributed by atoms with Crippen LogP contribution in [0, 0.1) is 0 Å². The summed E-state index contributed by atoms with van der Waals surface area (Å²) in [7, 11) is 1.90. The lowest BCUT2D eigenvalue weighted by atomic mass is 10.2. The Morgan fingerprint density at radius 2 is 2.25 bits per heavy atom. The molecule has 2 nitrogen and oxygen atoms in total. The molecule has 12 heavy (non-hydrogen) atoms. The van der Waals surface area contributed by atoms with Crippen molar-refractivity contribution in [2.75, 3.05) is 26.8 Å². The summed E-state index contributed by atoms with van der Waals surface area (Å²) in [4.78, 5) is 0. The normalized spacial score (nSPS) is 11.2. The predicted molar refractivity (Wildman–Crippen MR) is 53.2 cm³/mol. The van der Waals surface area contributed by atoms with E-state index in [-0.39, 0.29) is 0 Å². The molecule has 0 aliphatic rings. The molecule has 0 spiro atoms. The maximum atomic E-state index is 5.33. The molecule has 0 aliphatic carbocycles. The van der Waals surface area contributed by atoms with Gasteiger partial charge in [-0.15, -0.1) is 0 Å². The van der Waals surface area contributed by atoms with Crippen molar-refractivity contribution in [3.05, 3.63) is 37.0 Å². The van der Waals surface area contributed by atoms with Crippen molar-refractivity contribution in [2.45, 2.75) is 0 Å². The Bertz CT molecular complexity index is 161. The monoisotopic (exact) mass is 167 g/mol. The molecule has 0 fully saturated rings. The van der Waals surface area contributed by atoms with Gasteiger partial charge in [-0.2, -0.15) is 0 Å². The van der Waals surface area contributed by atoms with Crippen molar-refractivity contribution in [1.29, 1.82) is 0 Å². The standard InChI is InChI=1S/C10H17NO/c1-4-6-10(5-2)9-12-8-7-11-3/h4-6,11H,1-2,7-9H2,3H3/b10-6+. The fourth-order valence-electron chi connectivity index (χ4n) is 0.691. The van der Waals surface area contributed by atoms with Gasteiger partial charge >= 0.3 is 0 Å². The number of rotatable bonds is 7. The smallest absolute Gasteiger partial charge is 0.0717 e. The third-order valence-corrected chi connectivity index (χ3v) is 1.36. The van der Waals surface area contributed by atoms with E-state index in [1.54, 1.807) is 12.2 Å². The van der Waals surface area contributed by atoms with Gasteiger partial charge in [-0.1, -0.05) is 31.4 Å². The van der Waals surface area contributed by atoms with Gasteiger partial charge in [0.2, 0.25) is 0 Å². The molecule has 2 heteroatoms. The lowest BCUT2D eigenvalue weighted by Crippen LogP contribution is -2.14. The topological polar surface area (TPSA) is 21.3 Å². The van der Waals surface area contributed by atoms with Crippen LogP contribution in [0.4, 0.5) is 0 Å². The molecule has 1 N–H and O–H groups in total. The molecule has 0 aromatic rings. The summed E-state index contributed by atoms with van der Waals surface area (Å²) in [5.41, 5.74) is 1.06. The minimum absolute atomic E-state index is 0.608. The Morgan fingerprint density at radius 3 is 2.75 bits per heavy atom. The molecule has 0 radical (unpaired) electrons. The Labute approximate surface area is 74.6 Å². The lowest BCUT2D eigenvalue weighted by molar-refractivity contribution is 0.161. The van der Waals surface area contributed by atoms with E-state index in [1.165, 1.54) is 0 Å². The zero-order valence-corrected chi connectivity index (χ0v) is 7.68. The summed E-state index contributed by atoms with van der Waals surface area (Å²) in [5.74, 6) is 0. The van der Waals surface area contributed by atoms with E-state index in [2.05, 4.69) is 18.5 Å². The second-order valence-electron chi connectivity index (χ2n) is 2.34. The number of hydrogen-bond donors (Lipinski definition) is 1. The highest BCUT2D eigenvalue weighted by Crippen LogP contribution is 1.96. The predicted octanol–water partition coefficient (Wildman–Crippen LogP) is 1.52. The number of hydrogen-bond acceptors (Lipinski definition) is 2. The van der Waals surface area contributed by atoms with Crippen LogP contribution in [0.3, 0.4) is 0 Å². The quantitative estimate of drug-likeness (QED) is 0.458. The Kier molecular flexibility index (Phi) is 7.65. The Morgan fingerprint density at radius 1 is 1.50 bits per heavy atom. The van der Waals surface area contributed by atoms with E-state index in [0.29, 0.717) is 6.61 Å². The maximum absolute atomic E-state index is 5.33. The van der Waals surface area contributed by atoms with Gasteiger partial charge in [0.1, 0.15) is 0 Å². The van der Waals surface area contributed by atoms with E-state index in [1.807, 2.05) is 13.1 Å². The van der Waals surface area contributed by atoms with Gasteiger partial charge in [-0.25, -0.2) is 0 Å². The molecular formula is C10H17NO. The number of ether oxygens (including phenoxy) is 1. The number of likely N-dealkylation sites (N-methyl/N-ethyl adjacent to an activating group) is 1. The van der Waals surface area contributed by atoms with Crippen LogP contribution in [0.5, 0.6) is 0 Å². The summed E-state index contributed by atoms with van der Waals surface area (Å²) in [6.45, 7) is 9.47. The van der Waals surface area contributed by atoms with Crippen LogP contribution >= 0.6 is 0 Å². The highest BCUT2D eigenvalue weighted by atomic mass is 16.5. The third kappa shape index (κ3) is 5.89. The summed E-state index contributed by atoms with van der Waals surface area (Å²) in [6, 6.07) is 0. The SMILES string of the molecule is C=C/C=C(\C=C)COCCNC. The molecule has 0 saturated heterocycles. The van der Waals surface area contributed by atoms with E-state index >= 15 is 0 Å². The molecule has 0 unspecified atom stereocenters. The van der Waals surface area contributed by atoms with Crippen LogP contribution in [-0.2, 0) is 4.74 Å². The number of nitrogens with one attached hydrogen (secondary N) is 1. The second-order valence-corrected chi connectivity index (χ2v) is 2.34. The van der Waals surface area contributed by atoms with Crippen LogP contribution in [-0.4, -0.2) is 26.8 Å². The molecular weight excluding hydrogens is 150 g/mol. The zero-order valence-electron chi connectivity index (χ0n) is 7.68. The average molecular weight is 167 g/mol. The van der Waals surface area contributed by atoms with Gasteiger partial charge in [-0.3, -0.25) is 0 Å². The first-order valence-corrected chi connectivity index (χ1v) is 4.01. The van der Waals surface area contributed by atoms with Crippen molar-refractivity contribution in [3.8, 4) is 0 Å². The third-order valence-electron chi connectivity index (χ3n) is 1.36. The molecule has 0 heterocycles. The fraction of sp³-hybridized carbons (Fsp3) is 0.400. The summed E-state index contributed by atoms with van der Waals surface area (Å²) in [6.07, 6.45) is 5.41. The largest absolute Gasteiger partial charge is 0.375 e. The van der Waals surface area contributed by atoms with Crippen LogP contribution in [0.15, 0.2) is 37.0 Å². The molecule has 0 bridgehead atoms. The van der Waals surface area contributed by atoms with E-state index in [9.17, 15) is 0 Å². The van der Waals surface area contributed by atoms with Gasteiger partial charge in [0.25, 0.3) is 0 Å². The first kappa shape index (κ1) is 11.1. The van der Waals surface area contributed by atoms with E-state index in [0.717, 1.165) is 18.7 Å². The van der Waals surface area contributed by atoms with Gasteiger partial charge < -0.3 is 10.1 Å². The van der Waals surface area contributed by atoms with Gasteiger partial charge in [0, 0.05) is 6.54 Å². The molecule has 0 atom stereocenters. The van der Waals surface area contributed by atoms with Crippen molar-refractivity contribution in [2.24, 2.45) is 0 Å². The van der Waals surface area contributed by atoms with Gasteiger partial charge in [0.05, 0.1) is 13.2 Å². The van der Waals surface area contributed by atoms with Gasteiger partial charge in [-0.05, 0) is 12.6 Å². The average Bonchev–Trinajstić information content (AvgIpc) is 2.10. The molecule has 0 amide bonds. The second kappa shape index (κ2) is 8.24. The molecule has 0 rings (SSSR count). The molecule has 0 aromatic heterocycles. The van der Waals surface area contributed by atoms with Crippen molar-refractivity contribution in [1.82, 2.24) is 5.32 Å². The maximum Gasteiger partial charge on any atom is 0.0717 e. The van der Waals surface area contributed by atoms with Crippen molar-refractivity contribution >= 4 is 0 Å². The van der Waals surface area contributed by atoms with Crippen molar-refractivity contribution in [3.63, 3.8) is 0 Å². The van der Waals surface area contributed by atoms with E-state index in [4.69, 9.17) is 4.74 Å². The van der Waals surface area contributed by atoms with E-state index < -0.39 is 0 Å². The molecule has 68 valence electrons. The highest BCUT2D eigenvalue weighted by molar-refractivity contribution is 5.21. The summed E-state index contributed by atoms with van der Waals surface area (Å²) in [5, 5.41) is 3.00. The van der Waals surface area contributed by atoms with Crippen LogP contribution in [0.2, 0.25) is 0 Å².